The molecule has 1 N–H and O–H groups in total. The Bertz CT molecular complexity index is 584. The molecular formula is C18H25NO4. The minimum Gasteiger partial charge on any atom is -0.493 e. The highest BCUT2D eigenvalue weighted by Crippen LogP contribution is 2.51. The number of benzene rings is 1. The molecule has 0 amide bonds. The van der Waals surface area contributed by atoms with Crippen molar-refractivity contribution in [1.82, 2.24) is 5.32 Å². The predicted octanol–water partition coefficient (Wildman–Crippen LogP) is 2.23. The maximum Gasteiger partial charge on any atom is 0.170 e. The number of methoxy groups -OCH3 is 2. The zero-order valence-corrected chi connectivity index (χ0v) is 13.9. The molecular weight excluding hydrogens is 294 g/mol. The van der Waals surface area contributed by atoms with Gasteiger partial charge in [-0.2, -0.15) is 0 Å². The minimum absolute atomic E-state index is 0.139. The highest BCUT2D eigenvalue weighted by molar-refractivity contribution is 5.46. The number of fused-ring (bicyclic) bond motifs is 1. The van der Waals surface area contributed by atoms with Crippen LogP contribution in [-0.2, 0) is 14.9 Å². The second-order valence-corrected chi connectivity index (χ2v) is 6.79. The lowest BCUT2D eigenvalue weighted by Crippen LogP contribution is -2.52. The summed E-state index contributed by atoms with van der Waals surface area (Å²) in [5, 5.41) is 3.68. The van der Waals surface area contributed by atoms with Crippen LogP contribution in [-0.4, -0.2) is 45.8 Å². The van der Waals surface area contributed by atoms with Crippen LogP contribution in [0.15, 0.2) is 18.2 Å². The smallest absolute Gasteiger partial charge is 0.170 e. The summed E-state index contributed by atoms with van der Waals surface area (Å²) in [6.07, 6.45) is 4.09. The Kier molecular flexibility index (Phi) is 3.75. The zero-order valence-electron chi connectivity index (χ0n) is 13.9. The molecule has 3 aliphatic rings. The van der Waals surface area contributed by atoms with Gasteiger partial charge in [-0.1, -0.05) is 6.07 Å². The van der Waals surface area contributed by atoms with Gasteiger partial charge in [0, 0.05) is 24.3 Å². The molecule has 1 aromatic carbocycles. The van der Waals surface area contributed by atoms with Gasteiger partial charge < -0.3 is 24.3 Å². The lowest BCUT2D eigenvalue weighted by molar-refractivity contribution is -0.188. The van der Waals surface area contributed by atoms with E-state index in [1.807, 2.05) is 6.07 Å². The number of hydrogen-bond acceptors (Lipinski definition) is 5. The molecule has 2 aliphatic heterocycles. The van der Waals surface area contributed by atoms with Gasteiger partial charge in [0.15, 0.2) is 17.3 Å². The standard InChI is InChI=1S/C18H25NO4/c1-20-14-4-3-13(11-15(14)21-2)17-5-6-18(22-9-10-23-18)12-16(17)19-8-7-17/h3-4,11,16,19H,5-10,12H2,1-2H3/t16-,17-/m0/s1. The minimum atomic E-state index is -0.359. The molecule has 5 nitrogen and oxygen atoms in total. The van der Waals surface area contributed by atoms with E-state index < -0.39 is 0 Å². The van der Waals surface area contributed by atoms with E-state index in [9.17, 15) is 0 Å². The van der Waals surface area contributed by atoms with E-state index in [1.165, 1.54) is 5.56 Å². The fourth-order valence-electron chi connectivity index (χ4n) is 4.63. The highest BCUT2D eigenvalue weighted by Gasteiger charge is 2.54. The molecule has 1 aromatic rings. The predicted molar refractivity (Wildman–Crippen MR) is 86.1 cm³/mol. The summed E-state index contributed by atoms with van der Waals surface area (Å²) >= 11 is 0. The molecule has 1 spiro atoms. The summed E-state index contributed by atoms with van der Waals surface area (Å²) in [5.41, 5.74) is 1.47. The first kappa shape index (κ1) is 15.2. The van der Waals surface area contributed by atoms with Crippen LogP contribution in [0.2, 0.25) is 0 Å². The van der Waals surface area contributed by atoms with Crippen LogP contribution >= 0.6 is 0 Å². The molecule has 2 atom stereocenters. The third-order valence-corrected chi connectivity index (χ3v) is 5.87. The molecule has 0 radical (unpaired) electrons. The Balaban J connectivity index is 1.67. The van der Waals surface area contributed by atoms with Crippen molar-refractivity contribution in [2.45, 2.75) is 42.9 Å². The quantitative estimate of drug-likeness (QED) is 0.926. The first-order chi connectivity index (χ1) is 11.2. The lowest BCUT2D eigenvalue weighted by atomic mass is 9.65. The van der Waals surface area contributed by atoms with Gasteiger partial charge in [0.05, 0.1) is 27.4 Å². The van der Waals surface area contributed by atoms with E-state index in [1.54, 1.807) is 14.2 Å². The van der Waals surface area contributed by atoms with Crippen molar-refractivity contribution in [3.8, 4) is 11.5 Å². The Hall–Kier alpha value is -1.30. The Morgan fingerprint density at radius 3 is 2.57 bits per heavy atom. The van der Waals surface area contributed by atoms with Crippen LogP contribution in [0.3, 0.4) is 0 Å². The number of hydrogen-bond donors (Lipinski definition) is 1. The molecule has 0 aromatic heterocycles. The molecule has 1 saturated carbocycles. The average molecular weight is 319 g/mol. The molecule has 126 valence electrons. The SMILES string of the molecule is COc1ccc([C@]23CCN[C@H]2CC2(CC3)OCCO2)cc1OC. The first-order valence-electron chi connectivity index (χ1n) is 8.45. The Morgan fingerprint density at radius 1 is 1.04 bits per heavy atom. The van der Waals surface area contributed by atoms with E-state index >= 15 is 0 Å². The van der Waals surface area contributed by atoms with Crippen LogP contribution in [0.1, 0.15) is 31.2 Å². The lowest BCUT2D eigenvalue weighted by Gasteiger charge is -2.46. The molecule has 23 heavy (non-hydrogen) atoms. The van der Waals surface area contributed by atoms with Gasteiger partial charge in [0.25, 0.3) is 0 Å². The third kappa shape index (κ3) is 2.33. The van der Waals surface area contributed by atoms with Crippen molar-refractivity contribution in [2.75, 3.05) is 34.0 Å². The van der Waals surface area contributed by atoms with Crippen molar-refractivity contribution in [1.29, 1.82) is 0 Å². The van der Waals surface area contributed by atoms with Crippen molar-refractivity contribution in [2.24, 2.45) is 0 Å². The van der Waals surface area contributed by atoms with Gasteiger partial charge in [-0.25, -0.2) is 0 Å². The van der Waals surface area contributed by atoms with Gasteiger partial charge in [-0.05, 0) is 37.1 Å². The molecule has 5 heteroatoms. The van der Waals surface area contributed by atoms with Gasteiger partial charge >= 0.3 is 0 Å². The molecule has 0 unspecified atom stereocenters. The number of ether oxygens (including phenoxy) is 4. The summed E-state index contributed by atoms with van der Waals surface area (Å²) in [7, 11) is 3.37. The normalized spacial score (nSPS) is 32.0. The molecule has 0 bridgehead atoms. The maximum absolute atomic E-state index is 5.94. The third-order valence-electron chi connectivity index (χ3n) is 5.87. The summed E-state index contributed by atoms with van der Waals surface area (Å²) < 4.78 is 22.8. The summed E-state index contributed by atoms with van der Waals surface area (Å²) in [6, 6.07) is 6.74. The van der Waals surface area contributed by atoms with E-state index in [0.29, 0.717) is 6.04 Å². The molecule has 2 saturated heterocycles. The maximum atomic E-state index is 5.94. The summed E-state index contributed by atoms with van der Waals surface area (Å²) in [6.45, 7) is 2.47. The average Bonchev–Trinajstić information content (AvgIpc) is 3.22. The number of rotatable bonds is 3. The Labute approximate surface area is 137 Å². The fourth-order valence-corrected chi connectivity index (χ4v) is 4.63. The molecule has 4 rings (SSSR count). The van der Waals surface area contributed by atoms with Crippen molar-refractivity contribution < 1.29 is 18.9 Å². The van der Waals surface area contributed by atoms with Gasteiger partial charge in [0.2, 0.25) is 0 Å². The largest absolute Gasteiger partial charge is 0.493 e. The van der Waals surface area contributed by atoms with Crippen LogP contribution in [0, 0.1) is 0 Å². The van der Waals surface area contributed by atoms with E-state index in [-0.39, 0.29) is 11.2 Å². The van der Waals surface area contributed by atoms with Gasteiger partial charge in [-0.3, -0.25) is 0 Å². The Morgan fingerprint density at radius 2 is 1.83 bits per heavy atom. The zero-order chi connectivity index (χ0) is 15.9. The van der Waals surface area contributed by atoms with Gasteiger partial charge in [0.1, 0.15) is 0 Å². The molecule has 2 heterocycles. The molecule has 3 fully saturated rings. The van der Waals surface area contributed by atoms with Crippen LogP contribution < -0.4 is 14.8 Å². The summed E-state index contributed by atoms with van der Waals surface area (Å²) in [5.74, 6) is 1.23. The van der Waals surface area contributed by atoms with Gasteiger partial charge in [-0.15, -0.1) is 0 Å². The highest BCUT2D eigenvalue weighted by atomic mass is 16.7. The van der Waals surface area contributed by atoms with Crippen LogP contribution in [0.25, 0.3) is 0 Å². The van der Waals surface area contributed by atoms with Crippen LogP contribution in [0.5, 0.6) is 11.5 Å². The van der Waals surface area contributed by atoms with E-state index in [0.717, 1.165) is 56.9 Å². The van der Waals surface area contributed by atoms with Crippen molar-refractivity contribution in [3.05, 3.63) is 23.8 Å². The monoisotopic (exact) mass is 319 g/mol. The first-order valence-corrected chi connectivity index (χ1v) is 8.45. The van der Waals surface area contributed by atoms with Crippen molar-refractivity contribution >= 4 is 0 Å². The molecule has 1 aliphatic carbocycles. The van der Waals surface area contributed by atoms with Crippen molar-refractivity contribution in [3.63, 3.8) is 0 Å². The summed E-state index contributed by atoms with van der Waals surface area (Å²) in [4.78, 5) is 0. The second-order valence-electron chi connectivity index (χ2n) is 6.79. The number of nitrogens with one attached hydrogen (secondary N) is 1. The van der Waals surface area contributed by atoms with E-state index in [2.05, 4.69) is 17.4 Å². The fraction of sp³-hybridized carbons (Fsp3) is 0.667. The van der Waals surface area contributed by atoms with Crippen LogP contribution in [0.4, 0.5) is 0 Å². The second kappa shape index (κ2) is 5.65. The van der Waals surface area contributed by atoms with E-state index in [4.69, 9.17) is 18.9 Å². The topological polar surface area (TPSA) is 49.0 Å².